The van der Waals surface area contributed by atoms with Crippen LogP contribution in [0.15, 0.2) is 42.6 Å². The Morgan fingerprint density at radius 1 is 1.19 bits per heavy atom. The third-order valence-electron chi connectivity index (χ3n) is 9.02. The van der Waals surface area contributed by atoms with Gasteiger partial charge in [0.1, 0.15) is 16.7 Å². The highest BCUT2D eigenvalue weighted by molar-refractivity contribution is 7.84. The highest BCUT2D eigenvalue weighted by Gasteiger charge is 2.30. The van der Waals surface area contributed by atoms with Crippen molar-refractivity contribution in [1.29, 1.82) is 0 Å². The van der Waals surface area contributed by atoms with Crippen LogP contribution < -0.4 is 9.46 Å². The zero-order valence-electron chi connectivity index (χ0n) is 25.2. The molecule has 0 saturated heterocycles. The molecule has 0 spiro atoms. The number of benzene rings is 2. The van der Waals surface area contributed by atoms with E-state index in [1.165, 1.54) is 5.56 Å². The molecule has 9 heteroatoms. The van der Waals surface area contributed by atoms with Gasteiger partial charge in [0.05, 0.1) is 42.1 Å². The van der Waals surface area contributed by atoms with E-state index in [4.69, 9.17) is 4.74 Å². The lowest BCUT2D eigenvalue weighted by atomic mass is 9.87. The number of carbonyl (C=O) groups excluding carboxylic acids is 2. The Balaban J connectivity index is 1.60. The number of hydrogen-bond donors (Lipinski definition) is 1. The van der Waals surface area contributed by atoms with E-state index in [9.17, 15) is 13.8 Å². The minimum absolute atomic E-state index is 0.0373. The van der Waals surface area contributed by atoms with Crippen molar-refractivity contribution in [2.75, 3.05) is 7.11 Å². The lowest BCUT2D eigenvalue weighted by Gasteiger charge is -2.24. The maximum absolute atomic E-state index is 13.3. The molecule has 0 radical (unpaired) electrons. The van der Waals surface area contributed by atoms with E-state index in [1.807, 2.05) is 31.3 Å². The smallest absolute Gasteiger partial charge is 0.263 e. The number of aryl methyl sites for hydroxylation is 1. The van der Waals surface area contributed by atoms with Crippen LogP contribution in [0.2, 0.25) is 0 Å². The predicted molar refractivity (Wildman–Crippen MR) is 172 cm³/mol. The second-order valence-corrected chi connectivity index (χ2v) is 13.0. The highest BCUT2D eigenvalue weighted by atomic mass is 32.2. The van der Waals surface area contributed by atoms with Crippen LogP contribution in [0.25, 0.3) is 33.8 Å². The summed E-state index contributed by atoms with van der Waals surface area (Å²) in [7, 11) is 2.12. The number of amides is 1. The van der Waals surface area contributed by atoms with Crippen molar-refractivity contribution in [2.45, 2.75) is 70.1 Å². The van der Waals surface area contributed by atoms with Gasteiger partial charge in [0.15, 0.2) is 6.29 Å². The number of aromatic nitrogens is 3. The number of nitrogens with one attached hydrogen (secondary N) is 1. The van der Waals surface area contributed by atoms with E-state index < -0.39 is 11.0 Å². The molecule has 6 rings (SSSR count). The number of nitrogens with zero attached hydrogens (tertiary/aromatic N) is 3. The summed E-state index contributed by atoms with van der Waals surface area (Å²) in [5.41, 5.74) is 8.08. The fourth-order valence-corrected chi connectivity index (χ4v) is 7.82. The van der Waals surface area contributed by atoms with Crippen molar-refractivity contribution in [3.63, 3.8) is 0 Å². The molecule has 4 aromatic rings. The molecule has 2 aromatic heterocycles. The fourth-order valence-electron chi connectivity index (χ4n) is 6.59. The van der Waals surface area contributed by atoms with Gasteiger partial charge in [0.2, 0.25) is 0 Å². The maximum Gasteiger partial charge on any atom is 0.263 e. The Kier molecular flexibility index (Phi) is 8.09. The minimum atomic E-state index is -1.39. The second kappa shape index (κ2) is 12.0. The van der Waals surface area contributed by atoms with Gasteiger partial charge in [-0.2, -0.15) is 5.10 Å². The van der Waals surface area contributed by atoms with Crippen molar-refractivity contribution < 1.29 is 18.5 Å². The molecule has 2 atom stereocenters. The Morgan fingerprint density at radius 2 is 2.00 bits per heavy atom. The zero-order chi connectivity index (χ0) is 30.2. The molecule has 1 aliphatic heterocycles. The van der Waals surface area contributed by atoms with Crippen LogP contribution in [0.5, 0.6) is 5.75 Å². The zero-order valence-corrected chi connectivity index (χ0v) is 26.0. The van der Waals surface area contributed by atoms with Crippen molar-refractivity contribution in [3.05, 3.63) is 70.5 Å². The van der Waals surface area contributed by atoms with Crippen LogP contribution in [0.4, 0.5) is 0 Å². The normalized spacial score (nSPS) is 16.0. The first-order valence-corrected chi connectivity index (χ1v) is 16.3. The lowest BCUT2D eigenvalue weighted by molar-refractivity contribution is 0.0982. The summed E-state index contributed by atoms with van der Waals surface area (Å²) >= 11 is 0. The first-order chi connectivity index (χ1) is 20.9. The second-order valence-electron chi connectivity index (χ2n) is 11.6. The highest BCUT2D eigenvalue weighted by Crippen LogP contribution is 2.46. The number of allylic oxidation sites excluding steroid dienone is 1. The third-order valence-corrected chi connectivity index (χ3v) is 10.5. The molecule has 1 saturated carbocycles. The van der Waals surface area contributed by atoms with Crippen LogP contribution in [-0.4, -0.2) is 43.1 Å². The SMILES string of the molecule is CCCC(CC)c1c2n(c3cc(C(=O)NS(=O)C4CCC4)ccc13)CC(c1c(C=O)cnn1C)=Cc1cc(OC)ccc1-2. The Bertz CT molecular complexity index is 1780. The number of carbonyl (C=O) groups is 2. The van der Waals surface area contributed by atoms with E-state index >= 15 is 0 Å². The summed E-state index contributed by atoms with van der Waals surface area (Å²) in [4.78, 5) is 25.4. The van der Waals surface area contributed by atoms with Gasteiger partial charge in [0, 0.05) is 29.1 Å². The minimum Gasteiger partial charge on any atom is -0.497 e. The number of rotatable bonds is 10. The van der Waals surface area contributed by atoms with Crippen molar-refractivity contribution in [3.8, 4) is 17.0 Å². The first kappa shape index (κ1) is 29.1. The molecule has 1 fully saturated rings. The molecule has 1 N–H and O–H groups in total. The summed E-state index contributed by atoms with van der Waals surface area (Å²) < 4.78 is 25.1. The Labute approximate surface area is 254 Å². The predicted octanol–water partition coefficient (Wildman–Crippen LogP) is 6.66. The standard InChI is InChI=1S/C34H38N4O4S/c1-5-8-21(6-2)31-29-13-11-22(34(40)36-43(41)27-9-7-10-27)17-30(29)38-19-24(32-25(20-39)18-35-37(32)3)15-23-16-26(42-4)12-14-28(23)33(31)38/h11-18,20-21,27H,5-10,19H2,1-4H3,(H,36,40). The molecule has 0 bridgehead atoms. The Morgan fingerprint density at radius 3 is 2.67 bits per heavy atom. The van der Waals surface area contributed by atoms with Gasteiger partial charge < -0.3 is 9.30 Å². The van der Waals surface area contributed by atoms with E-state index in [2.05, 4.69) is 46.4 Å². The summed E-state index contributed by atoms with van der Waals surface area (Å²) in [5.74, 6) is 0.739. The summed E-state index contributed by atoms with van der Waals surface area (Å²) in [6, 6.07) is 12.0. The molecule has 1 aliphatic carbocycles. The largest absolute Gasteiger partial charge is 0.497 e. The number of methoxy groups -OCH3 is 1. The van der Waals surface area contributed by atoms with E-state index in [-0.39, 0.29) is 11.2 Å². The summed E-state index contributed by atoms with van der Waals surface area (Å²) in [6.07, 6.45) is 10.5. The quantitative estimate of drug-likeness (QED) is 0.206. The molecule has 2 aromatic carbocycles. The van der Waals surface area contributed by atoms with Gasteiger partial charge in [-0.3, -0.25) is 19.0 Å². The molecule has 2 unspecified atom stereocenters. The molecule has 224 valence electrons. The monoisotopic (exact) mass is 598 g/mol. The maximum atomic E-state index is 13.3. The van der Waals surface area contributed by atoms with Crippen molar-refractivity contribution in [1.82, 2.24) is 19.1 Å². The van der Waals surface area contributed by atoms with Crippen LogP contribution in [0.1, 0.15) is 95.8 Å². The number of ether oxygens (including phenoxy) is 1. The number of aldehydes is 1. The number of hydrogen-bond acceptors (Lipinski definition) is 5. The molecule has 2 aliphatic rings. The van der Waals surface area contributed by atoms with Crippen molar-refractivity contribution in [2.24, 2.45) is 7.05 Å². The molecule has 1 amide bonds. The Hall–Kier alpha value is -3.98. The van der Waals surface area contributed by atoms with Crippen LogP contribution in [0.3, 0.4) is 0 Å². The fraction of sp³-hybridized carbons (Fsp3) is 0.382. The van der Waals surface area contributed by atoms with Crippen LogP contribution in [-0.2, 0) is 24.6 Å². The summed E-state index contributed by atoms with van der Waals surface area (Å²) in [5, 5.41) is 5.54. The van der Waals surface area contributed by atoms with Gasteiger partial charge in [-0.05, 0) is 84.7 Å². The third kappa shape index (κ3) is 5.13. The van der Waals surface area contributed by atoms with Gasteiger partial charge in [-0.25, -0.2) is 4.21 Å². The average Bonchev–Trinajstić information content (AvgIpc) is 3.45. The lowest BCUT2D eigenvalue weighted by Crippen LogP contribution is -2.36. The van der Waals surface area contributed by atoms with Crippen LogP contribution in [0, 0.1) is 0 Å². The van der Waals surface area contributed by atoms with Gasteiger partial charge in [-0.1, -0.05) is 32.8 Å². The van der Waals surface area contributed by atoms with E-state index in [0.717, 1.165) is 89.6 Å². The average molecular weight is 599 g/mol. The summed E-state index contributed by atoms with van der Waals surface area (Å²) in [6.45, 7) is 4.92. The van der Waals surface area contributed by atoms with E-state index in [0.29, 0.717) is 23.6 Å². The molecule has 43 heavy (non-hydrogen) atoms. The molecular formula is C34H38N4O4S. The van der Waals surface area contributed by atoms with Crippen LogP contribution >= 0.6 is 0 Å². The number of fused-ring (bicyclic) bond motifs is 5. The molecular weight excluding hydrogens is 560 g/mol. The topological polar surface area (TPSA) is 95.2 Å². The van der Waals surface area contributed by atoms with E-state index in [1.54, 1.807) is 18.0 Å². The van der Waals surface area contributed by atoms with Gasteiger partial charge in [-0.15, -0.1) is 0 Å². The first-order valence-electron chi connectivity index (χ1n) is 15.1. The van der Waals surface area contributed by atoms with Gasteiger partial charge in [0.25, 0.3) is 5.91 Å². The molecule has 3 heterocycles. The molecule has 8 nitrogen and oxygen atoms in total. The van der Waals surface area contributed by atoms with Gasteiger partial charge >= 0.3 is 0 Å². The van der Waals surface area contributed by atoms with Crippen molar-refractivity contribution >= 4 is 45.7 Å².